The van der Waals surface area contributed by atoms with Crippen LogP contribution in [0, 0.1) is 11.3 Å². The Labute approximate surface area is 75.0 Å². The van der Waals surface area contributed by atoms with E-state index in [1.807, 2.05) is 17.2 Å². The van der Waals surface area contributed by atoms with Gasteiger partial charge in [0, 0.05) is 13.1 Å². The van der Waals surface area contributed by atoms with Crippen LogP contribution < -0.4 is 5.73 Å². The summed E-state index contributed by atoms with van der Waals surface area (Å²) in [6, 6.07) is 1.82. The molecule has 0 radical (unpaired) electrons. The summed E-state index contributed by atoms with van der Waals surface area (Å²) in [6.45, 7) is 1.82. The number of hydrogen-bond acceptors (Lipinski definition) is 4. The van der Waals surface area contributed by atoms with Gasteiger partial charge in [-0.25, -0.2) is 0 Å². The molecule has 0 saturated carbocycles. The number of nitrogens with two attached hydrogens (primary N) is 1. The zero-order valence-corrected chi connectivity index (χ0v) is 7.52. The van der Waals surface area contributed by atoms with Crippen LogP contribution >= 0.6 is 11.8 Å². The lowest BCUT2D eigenvalue weighted by atomic mass is 10.3. The Morgan fingerprint density at radius 3 is 2.50 bits per heavy atom. The Balaban J connectivity index is 2.95. The smallest absolute Gasteiger partial charge is 0.262 e. The minimum atomic E-state index is -0.645. The van der Waals surface area contributed by atoms with Gasteiger partial charge in [-0.15, -0.1) is 11.8 Å². The molecule has 0 aromatic heterocycles. The average Bonchev–Trinajstić information content (AvgIpc) is 2.81. The summed E-state index contributed by atoms with van der Waals surface area (Å²) in [6.07, 6.45) is 1.83. The highest BCUT2D eigenvalue weighted by molar-refractivity contribution is 8.02. The van der Waals surface area contributed by atoms with Gasteiger partial charge < -0.3 is 10.6 Å². The predicted octanol–water partition coefficient (Wildman–Crippen LogP) is -0.115. The highest BCUT2D eigenvalue weighted by Crippen LogP contribution is 2.26. The van der Waals surface area contributed by atoms with Crippen molar-refractivity contribution in [1.82, 2.24) is 4.90 Å². The van der Waals surface area contributed by atoms with Gasteiger partial charge in [-0.1, -0.05) is 0 Å². The summed E-state index contributed by atoms with van der Waals surface area (Å²) in [5, 5.41) is 9.33. The Kier molecular flexibility index (Phi) is 2.61. The zero-order chi connectivity index (χ0) is 9.14. The maximum absolute atomic E-state index is 10.8. The Bertz CT molecular complexity index is 275. The molecule has 1 rings (SSSR count). The van der Waals surface area contributed by atoms with Crippen molar-refractivity contribution < 1.29 is 4.79 Å². The van der Waals surface area contributed by atoms with Crippen LogP contribution in [0.3, 0.4) is 0 Å². The van der Waals surface area contributed by atoms with Gasteiger partial charge in [0.05, 0.1) is 5.03 Å². The van der Waals surface area contributed by atoms with Crippen molar-refractivity contribution in [3.63, 3.8) is 0 Å². The van der Waals surface area contributed by atoms with Gasteiger partial charge in [-0.2, -0.15) is 5.26 Å². The lowest BCUT2D eigenvalue weighted by Crippen LogP contribution is -2.16. The number of nitrogens with zero attached hydrogens (tertiary/aromatic N) is 2. The van der Waals surface area contributed by atoms with Gasteiger partial charge in [0.25, 0.3) is 5.91 Å². The fraction of sp³-hybridized carbons (Fsp3) is 0.429. The molecule has 4 nitrogen and oxygen atoms in total. The number of amides is 1. The zero-order valence-electron chi connectivity index (χ0n) is 6.70. The van der Waals surface area contributed by atoms with E-state index in [9.17, 15) is 4.79 Å². The highest BCUT2D eigenvalue weighted by Gasteiger charge is 2.25. The van der Waals surface area contributed by atoms with E-state index in [0.29, 0.717) is 5.03 Å². The van der Waals surface area contributed by atoms with E-state index in [1.165, 1.54) is 11.8 Å². The standard InChI is InChI=1S/C7H9N3OS/c1-12-7(10-2-3-10)5(4-8)6(9)11/h2-3H2,1H3,(H2,9,11). The van der Waals surface area contributed by atoms with E-state index in [2.05, 4.69) is 0 Å². The van der Waals surface area contributed by atoms with Crippen LogP contribution in [0.5, 0.6) is 0 Å². The molecule has 64 valence electrons. The molecular weight excluding hydrogens is 174 g/mol. The minimum absolute atomic E-state index is 0.0694. The molecule has 1 heterocycles. The van der Waals surface area contributed by atoms with Crippen molar-refractivity contribution in [1.29, 1.82) is 5.26 Å². The third-order valence-electron chi connectivity index (χ3n) is 1.50. The van der Waals surface area contributed by atoms with Crippen molar-refractivity contribution in [2.45, 2.75) is 0 Å². The van der Waals surface area contributed by atoms with Crippen LogP contribution in [0.2, 0.25) is 0 Å². The summed E-state index contributed by atoms with van der Waals surface area (Å²) in [5.41, 5.74) is 5.10. The van der Waals surface area contributed by atoms with Crippen molar-refractivity contribution in [2.24, 2.45) is 5.73 Å². The number of rotatable bonds is 3. The largest absolute Gasteiger partial charge is 0.365 e. The van der Waals surface area contributed by atoms with Gasteiger partial charge >= 0.3 is 0 Å². The lowest BCUT2D eigenvalue weighted by Gasteiger charge is -2.05. The maximum Gasteiger partial charge on any atom is 0.262 e. The lowest BCUT2D eigenvalue weighted by molar-refractivity contribution is -0.114. The third-order valence-corrected chi connectivity index (χ3v) is 2.35. The molecule has 5 heteroatoms. The van der Waals surface area contributed by atoms with E-state index >= 15 is 0 Å². The fourth-order valence-corrected chi connectivity index (χ4v) is 1.64. The Morgan fingerprint density at radius 1 is 1.67 bits per heavy atom. The van der Waals surface area contributed by atoms with E-state index in [-0.39, 0.29) is 5.57 Å². The second-order valence-corrected chi connectivity index (χ2v) is 3.14. The normalized spacial score (nSPS) is 16.5. The van der Waals surface area contributed by atoms with Crippen LogP contribution in [0.25, 0.3) is 0 Å². The first-order valence-corrected chi connectivity index (χ1v) is 4.66. The maximum atomic E-state index is 10.8. The molecule has 0 unspecified atom stereocenters. The van der Waals surface area contributed by atoms with Crippen LogP contribution in [-0.2, 0) is 4.79 Å². The Hall–Kier alpha value is -1.15. The molecular formula is C7H9N3OS. The molecule has 0 bridgehead atoms. The molecule has 2 N–H and O–H groups in total. The first kappa shape index (κ1) is 8.94. The van der Waals surface area contributed by atoms with Gasteiger partial charge in [0.15, 0.2) is 0 Å². The molecule has 0 aliphatic carbocycles. The molecule has 1 saturated heterocycles. The van der Waals surface area contributed by atoms with E-state index in [1.54, 1.807) is 0 Å². The summed E-state index contributed by atoms with van der Waals surface area (Å²) in [7, 11) is 0. The molecule has 12 heavy (non-hydrogen) atoms. The highest BCUT2D eigenvalue weighted by atomic mass is 32.2. The third kappa shape index (κ3) is 1.71. The van der Waals surface area contributed by atoms with Crippen LogP contribution in [0.1, 0.15) is 0 Å². The van der Waals surface area contributed by atoms with E-state index in [4.69, 9.17) is 11.0 Å². The number of carbonyl (C=O) groups excluding carboxylic acids is 1. The molecule has 0 aromatic rings. The minimum Gasteiger partial charge on any atom is -0.365 e. The quantitative estimate of drug-likeness (QED) is 0.376. The van der Waals surface area contributed by atoms with Crippen molar-refractivity contribution in [3.8, 4) is 6.07 Å². The topological polar surface area (TPSA) is 69.9 Å². The van der Waals surface area contributed by atoms with Gasteiger partial charge in [0.1, 0.15) is 11.6 Å². The second-order valence-electron chi connectivity index (χ2n) is 2.35. The second kappa shape index (κ2) is 3.50. The summed E-state index contributed by atoms with van der Waals surface area (Å²) >= 11 is 1.38. The summed E-state index contributed by atoms with van der Waals surface area (Å²) in [5.74, 6) is -0.645. The molecule has 1 fully saturated rings. The van der Waals surface area contributed by atoms with Gasteiger partial charge in [-0.05, 0) is 6.26 Å². The van der Waals surface area contributed by atoms with Crippen LogP contribution in [0.4, 0.5) is 0 Å². The van der Waals surface area contributed by atoms with Gasteiger partial charge in [-0.3, -0.25) is 4.79 Å². The number of thioether (sulfide) groups is 1. The summed E-state index contributed by atoms with van der Waals surface area (Å²) in [4.78, 5) is 12.7. The predicted molar refractivity (Wildman–Crippen MR) is 46.9 cm³/mol. The number of hydrogen-bond donors (Lipinski definition) is 1. The molecule has 0 spiro atoms. The van der Waals surface area contributed by atoms with Crippen LogP contribution in [0.15, 0.2) is 10.6 Å². The fourth-order valence-electron chi connectivity index (χ4n) is 0.851. The summed E-state index contributed by atoms with van der Waals surface area (Å²) < 4.78 is 0. The van der Waals surface area contributed by atoms with Crippen molar-refractivity contribution in [3.05, 3.63) is 10.6 Å². The number of carbonyl (C=O) groups is 1. The Morgan fingerprint density at radius 2 is 2.25 bits per heavy atom. The monoisotopic (exact) mass is 183 g/mol. The number of nitriles is 1. The van der Waals surface area contributed by atoms with Gasteiger partial charge in [0.2, 0.25) is 0 Å². The molecule has 1 aliphatic heterocycles. The molecule has 0 aromatic carbocycles. The van der Waals surface area contributed by atoms with Crippen molar-refractivity contribution >= 4 is 17.7 Å². The average molecular weight is 183 g/mol. The van der Waals surface area contributed by atoms with Crippen LogP contribution in [-0.4, -0.2) is 30.2 Å². The number of primary amides is 1. The molecule has 0 atom stereocenters. The molecule has 1 amide bonds. The first-order chi connectivity index (χ1) is 5.70. The SMILES string of the molecule is CSC(=C(C#N)C(N)=O)N1CC1. The van der Waals surface area contributed by atoms with E-state index < -0.39 is 5.91 Å². The first-order valence-electron chi connectivity index (χ1n) is 3.43. The van der Waals surface area contributed by atoms with E-state index in [0.717, 1.165) is 13.1 Å². The van der Waals surface area contributed by atoms with Crippen molar-refractivity contribution in [2.75, 3.05) is 19.3 Å². The molecule has 1 aliphatic rings.